The van der Waals surface area contributed by atoms with E-state index in [2.05, 4.69) is 9.97 Å². The number of allylic oxidation sites excluding steroid dienone is 1. The zero-order valence-electron chi connectivity index (χ0n) is 8.97. The monoisotopic (exact) mass is 228 g/mol. The van der Waals surface area contributed by atoms with Gasteiger partial charge in [0.1, 0.15) is 6.33 Å². The second kappa shape index (κ2) is 3.57. The van der Waals surface area contributed by atoms with Crippen molar-refractivity contribution in [3.8, 4) is 0 Å². The number of aromatic nitrogens is 2. The SMILES string of the molecule is Cc1ncnc2c1C=C(C(F)(F)F)CC2C. The highest BCUT2D eigenvalue weighted by Gasteiger charge is 2.37. The van der Waals surface area contributed by atoms with E-state index in [-0.39, 0.29) is 12.3 Å². The van der Waals surface area contributed by atoms with Crippen LogP contribution >= 0.6 is 0 Å². The summed E-state index contributed by atoms with van der Waals surface area (Å²) in [5.41, 5.74) is 1.33. The van der Waals surface area contributed by atoms with Crippen molar-refractivity contribution in [1.29, 1.82) is 0 Å². The number of fused-ring (bicyclic) bond motifs is 1. The van der Waals surface area contributed by atoms with E-state index in [0.717, 1.165) is 0 Å². The zero-order valence-corrected chi connectivity index (χ0v) is 8.97. The number of hydrogen-bond donors (Lipinski definition) is 0. The van der Waals surface area contributed by atoms with Crippen LogP contribution in [-0.4, -0.2) is 16.1 Å². The minimum Gasteiger partial charge on any atom is -0.241 e. The summed E-state index contributed by atoms with van der Waals surface area (Å²) in [4.78, 5) is 7.97. The Morgan fingerprint density at radius 2 is 2.00 bits per heavy atom. The van der Waals surface area contributed by atoms with Gasteiger partial charge in [-0.05, 0) is 19.4 Å². The van der Waals surface area contributed by atoms with Crippen LogP contribution in [-0.2, 0) is 0 Å². The van der Waals surface area contributed by atoms with Crippen molar-refractivity contribution in [2.45, 2.75) is 32.4 Å². The van der Waals surface area contributed by atoms with Gasteiger partial charge in [0.25, 0.3) is 0 Å². The molecule has 1 aromatic heterocycles. The van der Waals surface area contributed by atoms with Crippen LogP contribution in [0, 0.1) is 6.92 Å². The number of aryl methyl sites for hydroxylation is 1. The molecule has 1 aromatic rings. The Kier molecular flexibility index (Phi) is 2.48. The number of halogens is 3. The first-order valence-electron chi connectivity index (χ1n) is 4.99. The Hall–Kier alpha value is -1.39. The predicted molar refractivity (Wildman–Crippen MR) is 53.8 cm³/mol. The Bertz CT molecular complexity index is 449. The summed E-state index contributed by atoms with van der Waals surface area (Å²) in [6, 6.07) is 0. The first-order valence-corrected chi connectivity index (χ1v) is 4.99. The lowest BCUT2D eigenvalue weighted by Gasteiger charge is -2.23. The fraction of sp³-hybridized carbons (Fsp3) is 0.455. The van der Waals surface area contributed by atoms with Crippen LogP contribution < -0.4 is 0 Å². The van der Waals surface area contributed by atoms with Crippen molar-refractivity contribution in [3.63, 3.8) is 0 Å². The topological polar surface area (TPSA) is 25.8 Å². The number of rotatable bonds is 0. The normalized spacial score (nSPS) is 20.3. The molecule has 2 nitrogen and oxygen atoms in total. The first kappa shape index (κ1) is 11.1. The Balaban J connectivity index is 2.56. The van der Waals surface area contributed by atoms with Crippen LogP contribution in [0.15, 0.2) is 11.9 Å². The lowest BCUT2D eigenvalue weighted by molar-refractivity contribution is -0.0937. The molecular formula is C11H11F3N2. The van der Waals surface area contributed by atoms with Gasteiger partial charge in [0, 0.05) is 22.7 Å². The van der Waals surface area contributed by atoms with E-state index in [1.165, 1.54) is 12.4 Å². The standard InChI is InChI=1S/C11H11F3N2/c1-6-3-8(11(12,13)14)4-9-7(2)15-5-16-10(6)9/h4-6H,3H2,1-2H3. The molecule has 5 heteroatoms. The van der Waals surface area contributed by atoms with Gasteiger partial charge in [0.05, 0.1) is 5.69 Å². The van der Waals surface area contributed by atoms with Gasteiger partial charge in [-0.2, -0.15) is 13.2 Å². The fourth-order valence-corrected chi connectivity index (χ4v) is 1.93. The summed E-state index contributed by atoms with van der Waals surface area (Å²) in [6.45, 7) is 3.45. The summed E-state index contributed by atoms with van der Waals surface area (Å²) in [5.74, 6) is -0.210. The van der Waals surface area contributed by atoms with Crippen LogP contribution in [0.25, 0.3) is 6.08 Å². The van der Waals surface area contributed by atoms with E-state index in [4.69, 9.17) is 0 Å². The van der Waals surface area contributed by atoms with Crippen LogP contribution in [0.5, 0.6) is 0 Å². The van der Waals surface area contributed by atoms with Crippen molar-refractivity contribution in [2.24, 2.45) is 0 Å². The second-order valence-electron chi connectivity index (χ2n) is 4.03. The van der Waals surface area contributed by atoms with Crippen molar-refractivity contribution < 1.29 is 13.2 Å². The Labute approximate surface area is 91.2 Å². The van der Waals surface area contributed by atoms with Crippen molar-refractivity contribution in [3.05, 3.63) is 28.9 Å². The van der Waals surface area contributed by atoms with Crippen molar-refractivity contribution in [1.82, 2.24) is 9.97 Å². The molecule has 0 fully saturated rings. The predicted octanol–water partition coefficient (Wildman–Crippen LogP) is 3.24. The highest BCUT2D eigenvalue weighted by molar-refractivity contribution is 5.61. The minimum absolute atomic E-state index is 0.00699. The van der Waals surface area contributed by atoms with E-state index < -0.39 is 11.7 Å². The van der Waals surface area contributed by atoms with E-state index in [1.54, 1.807) is 13.8 Å². The third kappa shape index (κ3) is 1.81. The van der Waals surface area contributed by atoms with E-state index in [9.17, 15) is 13.2 Å². The van der Waals surface area contributed by atoms with Crippen LogP contribution in [0.2, 0.25) is 0 Å². The van der Waals surface area contributed by atoms with Gasteiger partial charge < -0.3 is 0 Å². The van der Waals surface area contributed by atoms with Gasteiger partial charge in [-0.3, -0.25) is 0 Å². The molecule has 0 aromatic carbocycles. The average molecular weight is 228 g/mol. The molecule has 1 unspecified atom stereocenters. The molecule has 0 radical (unpaired) electrons. The lowest BCUT2D eigenvalue weighted by atomic mass is 9.87. The maximum absolute atomic E-state index is 12.6. The van der Waals surface area contributed by atoms with Gasteiger partial charge in [0.15, 0.2) is 0 Å². The summed E-state index contributed by atoms with van der Waals surface area (Å²) < 4.78 is 37.9. The lowest BCUT2D eigenvalue weighted by Crippen LogP contribution is -2.19. The molecule has 0 aliphatic heterocycles. The van der Waals surface area contributed by atoms with Gasteiger partial charge in [-0.1, -0.05) is 6.92 Å². The summed E-state index contributed by atoms with van der Waals surface area (Å²) in [7, 11) is 0. The van der Waals surface area contributed by atoms with Gasteiger partial charge in [-0.15, -0.1) is 0 Å². The molecule has 0 spiro atoms. The Morgan fingerprint density at radius 1 is 1.31 bits per heavy atom. The molecule has 0 saturated carbocycles. The highest BCUT2D eigenvalue weighted by atomic mass is 19.4. The van der Waals surface area contributed by atoms with Crippen molar-refractivity contribution in [2.75, 3.05) is 0 Å². The fourth-order valence-electron chi connectivity index (χ4n) is 1.93. The number of nitrogens with zero attached hydrogens (tertiary/aromatic N) is 2. The largest absolute Gasteiger partial charge is 0.412 e. The van der Waals surface area contributed by atoms with Gasteiger partial charge >= 0.3 is 6.18 Å². The smallest absolute Gasteiger partial charge is 0.241 e. The Morgan fingerprint density at radius 3 is 2.62 bits per heavy atom. The quantitative estimate of drug-likeness (QED) is 0.681. The molecule has 0 bridgehead atoms. The molecule has 0 N–H and O–H groups in total. The van der Waals surface area contributed by atoms with Crippen molar-refractivity contribution >= 4 is 6.08 Å². The first-order chi connectivity index (χ1) is 7.39. The third-order valence-corrected chi connectivity index (χ3v) is 2.79. The van der Waals surface area contributed by atoms with E-state index in [1.807, 2.05) is 0 Å². The summed E-state index contributed by atoms with van der Waals surface area (Å²) in [6.07, 6.45) is -1.69. The molecule has 0 amide bonds. The highest BCUT2D eigenvalue weighted by Crippen LogP contribution is 2.40. The van der Waals surface area contributed by atoms with Crippen LogP contribution in [0.3, 0.4) is 0 Å². The van der Waals surface area contributed by atoms with Gasteiger partial charge in [-0.25, -0.2) is 9.97 Å². The minimum atomic E-state index is -4.26. The summed E-state index contributed by atoms with van der Waals surface area (Å²) >= 11 is 0. The van der Waals surface area contributed by atoms with Gasteiger partial charge in [0.2, 0.25) is 0 Å². The second-order valence-corrected chi connectivity index (χ2v) is 4.03. The number of alkyl halides is 3. The van der Waals surface area contributed by atoms with E-state index >= 15 is 0 Å². The average Bonchev–Trinajstić information content (AvgIpc) is 2.18. The van der Waals surface area contributed by atoms with Crippen LogP contribution in [0.1, 0.15) is 36.2 Å². The third-order valence-electron chi connectivity index (χ3n) is 2.79. The molecule has 16 heavy (non-hydrogen) atoms. The molecule has 1 atom stereocenters. The summed E-state index contributed by atoms with van der Waals surface area (Å²) in [5, 5.41) is 0. The molecule has 1 aliphatic rings. The number of hydrogen-bond acceptors (Lipinski definition) is 2. The molecule has 86 valence electrons. The molecule has 1 aliphatic carbocycles. The molecule has 1 heterocycles. The molecule has 0 saturated heterocycles. The molecular weight excluding hydrogens is 217 g/mol. The molecule has 2 rings (SSSR count). The van der Waals surface area contributed by atoms with Crippen LogP contribution in [0.4, 0.5) is 13.2 Å². The van der Waals surface area contributed by atoms with E-state index in [0.29, 0.717) is 17.0 Å². The maximum atomic E-state index is 12.6. The maximum Gasteiger partial charge on any atom is 0.412 e. The zero-order chi connectivity index (χ0) is 11.9.